The minimum absolute atomic E-state index is 0.0814. The number of halogens is 1. The van der Waals surface area contributed by atoms with Crippen LogP contribution in [0, 0.1) is 0 Å². The molecule has 1 fully saturated rings. The first-order valence-corrected chi connectivity index (χ1v) is 9.69. The number of carbonyl (C=O) groups excluding carboxylic acids is 1. The van der Waals surface area contributed by atoms with Gasteiger partial charge in [0.1, 0.15) is 0 Å². The summed E-state index contributed by atoms with van der Waals surface area (Å²) in [5.41, 5.74) is 1.72. The maximum Gasteiger partial charge on any atom is 0.321 e. The first kappa shape index (κ1) is 17.7. The van der Waals surface area contributed by atoms with Crippen molar-refractivity contribution in [3.8, 4) is 11.4 Å². The Kier molecular flexibility index (Phi) is 5.20. The summed E-state index contributed by atoms with van der Waals surface area (Å²) in [6.45, 7) is 1.32. The Hall–Kier alpha value is -2.67. The number of likely N-dealkylation sites (tertiary alicyclic amines) is 1. The van der Waals surface area contributed by atoms with Gasteiger partial charge >= 0.3 is 6.03 Å². The number of nitrogens with one attached hydrogen (secondary N) is 1. The molecule has 3 aromatic rings. The molecule has 0 radical (unpaired) electrons. The number of hydrogen-bond donors (Lipinski definition) is 1. The summed E-state index contributed by atoms with van der Waals surface area (Å²) in [6.07, 6.45) is 1.62. The fraction of sp³-hybridized carbons (Fsp3) is 0.250. The standard InChI is InChI=1S/C20H19BrN4O2/c21-16-7-4-8-17(13-16)22-20(26)25-11-9-15(10-12-25)19-23-18(24-27-19)14-5-2-1-3-6-14/h1-8,13,15H,9-12H2,(H,22,26). The van der Waals surface area contributed by atoms with E-state index in [1.165, 1.54) is 0 Å². The summed E-state index contributed by atoms with van der Waals surface area (Å²) in [4.78, 5) is 18.8. The van der Waals surface area contributed by atoms with E-state index in [2.05, 4.69) is 31.4 Å². The van der Waals surface area contributed by atoms with E-state index in [-0.39, 0.29) is 11.9 Å². The molecule has 138 valence electrons. The van der Waals surface area contributed by atoms with Crippen molar-refractivity contribution in [1.29, 1.82) is 0 Å². The maximum absolute atomic E-state index is 12.5. The van der Waals surface area contributed by atoms with E-state index >= 15 is 0 Å². The highest BCUT2D eigenvalue weighted by atomic mass is 79.9. The number of amides is 2. The second kappa shape index (κ2) is 7.92. The molecule has 6 nitrogen and oxygen atoms in total. The highest BCUT2D eigenvalue weighted by Gasteiger charge is 2.27. The number of nitrogens with zero attached hydrogens (tertiary/aromatic N) is 3. The second-order valence-corrected chi connectivity index (χ2v) is 7.44. The molecule has 2 amide bonds. The quantitative estimate of drug-likeness (QED) is 0.645. The number of carbonyl (C=O) groups is 1. The van der Waals surface area contributed by atoms with Gasteiger partial charge in [-0.2, -0.15) is 4.98 Å². The van der Waals surface area contributed by atoms with Crippen LogP contribution < -0.4 is 5.32 Å². The summed E-state index contributed by atoms with van der Waals surface area (Å²) in [5.74, 6) is 1.45. The van der Waals surface area contributed by atoms with E-state index in [1.54, 1.807) is 0 Å². The van der Waals surface area contributed by atoms with Gasteiger partial charge in [-0.25, -0.2) is 4.79 Å². The van der Waals surface area contributed by atoms with Gasteiger partial charge in [0.2, 0.25) is 11.7 Å². The van der Waals surface area contributed by atoms with Crippen molar-refractivity contribution >= 4 is 27.6 Å². The smallest absolute Gasteiger partial charge is 0.321 e. The molecule has 1 aliphatic heterocycles. The highest BCUT2D eigenvalue weighted by Crippen LogP contribution is 2.29. The molecule has 1 aliphatic rings. The minimum Gasteiger partial charge on any atom is -0.339 e. The number of aromatic nitrogens is 2. The predicted molar refractivity (Wildman–Crippen MR) is 106 cm³/mol. The van der Waals surface area contributed by atoms with E-state index in [0.29, 0.717) is 24.8 Å². The molecule has 7 heteroatoms. The molecule has 0 unspecified atom stereocenters. The van der Waals surface area contributed by atoms with Crippen molar-refractivity contribution in [3.05, 3.63) is 65.0 Å². The van der Waals surface area contributed by atoms with Crippen LogP contribution in [0.25, 0.3) is 11.4 Å². The zero-order chi connectivity index (χ0) is 18.6. The number of urea groups is 1. The van der Waals surface area contributed by atoms with E-state index in [4.69, 9.17) is 4.52 Å². The van der Waals surface area contributed by atoms with Gasteiger partial charge in [-0.1, -0.05) is 57.5 Å². The molecular formula is C20H19BrN4O2. The van der Waals surface area contributed by atoms with Gasteiger partial charge in [-0.05, 0) is 31.0 Å². The van der Waals surface area contributed by atoms with Crippen molar-refractivity contribution in [2.24, 2.45) is 0 Å². The van der Waals surface area contributed by atoms with E-state index < -0.39 is 0 Å². The van der Waals surface area contributed by atoms with E-state index in [9.17, 15) is 4.79 Å². The van der Waals surface area contributed by atoms with Gasteiger partial charge in [0, 0.05) is 34.7 Å². The van der Waals surface area contributed by atoms with Gasteiger partial charge < -0.3 is 14.7 Å². The molecule has 27 heavy (non-hydrogen) atoms. The van der Waals surface area contributed by atoms with Crippen molar-refractivity contribution in [1.82, 2.24) is 15.0 Å². The number of benzene rings is 2. The van der Waals surface area contributed by atoms with Crippen molar-refractivity contribution < 1.29 is 9.32 Å². The van der Waals surface area contributed by atoms with Crippen LogP contribution in [0.3, 0.4) is 0 Å². The van der Waals surface area contributed by atoms with Crippen LogP contribution in [-0.4, -0.2) is 34.2 Å². The van der Waals surface area contributed by atoms with Crippen LogP contribution in [0.15, 0.2) is 63.6 Å². The lowest BCUT2D eigenvalue weighted by atomic mass is 9.97. The number of piperidine rings is 1. The Morgan fingerprint density at radius 3 is 2.63 bits per heavy atom. The maximum atomic E-state index is 12.5. The van der Waals surface area contributed by atoms with Gasteiger partial charge in [-0.3, -0.25) is 0 Å². The zero-order valence-corrected chi connectivity index (χ0v) is 16.2. The molecule has 1 aromatic heterocycles. The zero-order valence-electron chi connectivity index (χ0n) is 14.6. The third-order valence-corrected chi connectivity index (χ3v) is 5.17. The normalized spacial score (nSPS) is 14.9. The summed E-state index contributed by atoms with van der Waals surface area (Å²) < 4.78 is 6.41. The molecule has 2 heterocycles. The molecule has 1 N–H and O–H groups in total. The fourth-order valence-electron chi connectivity index (χ4n) is 3.20. The van der Waals surface area contributed by atoms with Crippen molar-refractivity contribution in [2.75, 3.05) is 18.4 Å². The molecule has 0 atom stereocenters. The number of rotatable bonds is 3. The second-order valence-electron chi connectivity index (χ2n) is 6.52. The first-order chi connectivity index (χ1) is 13.2. The third-order valence-electron chi connectivity index (χ3n) is 4.68. The topological polar surface area (TPSA) is 71.3 Å². The molecule has 4 rings (SSSR count). The Morgan fingerprint density at radius 1 is 1.11 bits per heavy atom. The molecule has 2 aromatic carbocycles. The molecule has 0 saturated carbocycles. The molecule has 0 spiro atoms. The Morgan fingerprint density at radius 2 is 1.89 bits per heavy atom. The molecule has 0 bridgehead atoms. The lowest BCUT2D eigenvalue weighted by molar-refractivity contribution is 0.187. The van der Waals surface area contributed by atoms with Gasteiger partial charge in [0.15, 0.2) is 0 Å². The average molecular weight is 427 g/mol. The average Bonchev–Trinajstić information content (AvgIpc) is 3.19. The number of hydrogen-bond acceptors (Lipinski definition) is 4. The Bertz CT molecular complexity index is 920. The number of anilines is 1. The van der Waals surface area contributed by atoms with Crippen LogP contribution in [0.2, 0.25) is 0 Å². The van der Waals surface area contributed by atoms with Crippen LogP contribution in [-0.2, 0) is 0 Å². The lowest BCUT2D eigenvalue weighted by Crippen LogP contribution is -2.40. The highest BCUT2D eigenvalue weighted by molar-refractivity contribution is 9.10. The van der Waals surface area contributed by atoms with Gasteiger partial charge in [-0.15, -0.1) is 0 Å². The molecule has 1 saturated heterocycles. The first-order valence-electron chi connectivity index (χ1n) is 8.89. The van der Waals surface area contributed by atoms with Crippen LogP contribution in [0.5, 0.6) is 0 Å². The van der Waals surface area contributed by atoms with E-state index in [1.807, 2.05) is 59.5 Å². The van der Waals surface area contributed by atoms with Gasteiger partial charge in [0.25, 0.3) is 0 Å². The van der Waals surface area contributed by atoms with Crippen LogP contribution >= 0.6 is 15.9 Å². The monoisotopic (exact) mass is 426 g/mol. The largest absolute Gasteiger partial charge is 0.339 e. The van der Waals surface area contributed by atoms with Crippen LogP contribution in [0.1, 0.15) is 24.7 Å². The summed E-state index contributed by atoms with van der Waals surface area (Å²) in [7, 11) is 0. The van der Waals surface area contributed by atoms with Crippen LogP contribution in [0.4, 0.5) is 10.5 Å². The lowest BCUT2D eigenvalue weighted by Gasteiger charge is -2.30. The van der Waals surface area contributed by atoms with E-state index in [0.717, 1.165) is 28.6 Å². The summed E-state index contributed by atoms with van der Waals surface area (Å²) >= 11 is 3.41. The SMILES string of the molecule is O=C(Nc1cccc(Br)c1)N1CCC(c2nc(-c3ccccc3)no2)CC1. The van der Waals surface area contributed by atoms with Crippen molar-refractivity contribution in [3.63, 3.8) is 0 Å². The Balaban J connectivity index is 1.35. The third kappa shape index (κ3) is 4.19. The van der Waals surface area contributed by atoms with Gasteiger partial charge in [0.05, 0.1) is 0 Å². The predicted octanol–water partition coefficient (Wildman–Crippen LogP) is 4.91. The Labute approximate surface area is 165 Å². The summed E-state index contributed by atoms with van der Waals surface area (Å²) in [6, 6.07) is 17.3. The molecular weight excluding hydrogens is 408 g/mol. The molecule has 0 aliphatic carbocycles. The minimum atomic E-state index is -0.0814. The summed E-state index contributed by atoms with van der Waals surface area (Å²) in [5, 5.41) is 7.03. The fourth-order valence-corrected chi connectivity index (χ4v) is 3.60. The van der Waals surface area contributed by atoms with Crippen molar-refractivity contribution in [2.45, 2.75) is 18.8 Å².